The Morgan fingerprint density at radius 2 is 2.08 bits per heavy atom. The van der Waals surface area contributed by atoms with Crippen LogP contribution in [0.15, 0.2) is 46.5 Å². The lowest BCUT2D eigenvalue weighted by atomic mass is 9.78. The highest BCUT2D eigenvalue weighted by atomic mass is 35.5. The molecule has 1 saturated carbocycles. The molecule has 4 aliphatic rings. The summed E-state index contributed by atoms with van der Waals surface area (Å²) in [5.41, 5.74) is 9.89. The van der Waals surface area contributed by atoms with Crippen molar-refractivity contribution < 1.29 is 18.7 Å². The van der Waals surface area contributed by atoms with Crippen molar-refractivity contribution >= 4 is 35.2 Å². The molecule has 39 heavy (non-hydrogen) atoms. The number of rotatable bonds is 6. The molecule has 6 rings (SSSR count). The first kappa shape index (κ1) is 26.0. The van der Waals surface area contributed by atoms with Crippen LogP contribution in [0.1, 0.15) is 26.2 Å². The molecule has 2 unspecified atom stereocenters. The quantitative estimate of drug-likeness (QED) is 0.526. The molecule has 2 bridgehead atoms. The summed E-state index contributed by atoms with van der Waals surface area (Å²) in [4.78, 5) is 27.6. The molecule has 3 fully saturated rings. The summed E-state index contributed by atoms with van der Waals surface area (Å²) >= 11 is 6.48. The first-order valence-corrected chi connectivity index (χ1v) is 13.5. The molecule has 1 aliphatic carbocycles. The molecular formula is C27H31ClFN7O3. The lowest BCUT2D eigenvalue weighted by Gasteiger charge is -2.52. The third kappa shape index (κ3) is 5.18. The SMILES string of the molecule is CC1(CC(=O)N2CC3COCC(C2)C3(N)Oc2ncccc(=Nc3ccc(N4CN=CN4)cc3Cl)c2F)CC1. The van der Waals surface area contributed by atoms with Crippen molar-refractivity contribution in [3.05, 3.63) is 52.7 Å². The number of hydrogen-bond donors (Lipinski definition) is 2. The average Bonchev–Trinajstić information content (AvgIpc) is 3.41. The first-order valence-electron chi connectivity index (χ1n) is 13.1. The van der Waals surface area contributed by atoms with Crippen molar-refractivity contribution in [2.24, 2.45) is 33.0 Å². The van der Waals surface area contributed by atoms with E-state index >= 15 is 4.39 Å². The minimum absolute atomic E-state index is 0.00933. The Labute approximate surface area is 230 Å². The van der Waals surface area contributed by atoms with Crippen LogP contribution in [0, 0.1) is 23.1 Å². The van der Waals surface area contributed by atoms with E-state index in [1.165, 1.54) is 12.3 Å². The van der Waals surface area contributed by atoms with Crippen molar-refractivity contribution in [2.45, 2.75) is 31.9 Å². The van der Waals surface area contributed by atoms with Crippen molar-refractivity contribution in [1.82, 2.24) is 15.3 Å². The molecule has 1 aromatic heterocycles. The molecule has 1 amide bonds. The topological polar surface area (TPSA) is 118 Å². The number of halogens is 2. The standard InChI is InChI=1S/C27H31ClFN7O3/c1-26(6-7-26)10-23(37)35-11-17-13-38-14-18(12-35)27(17,30)39-25-24(29)22(3-2-8-32-25)34-21-5-4-19(9-20(21)28)36-16-31-15-33-36/h2-5,8-9,15,17-18H,6-7,10-14,16,30H2,1H3,(H,31,33). The van der Waals surface area contributed by atoms with Crippen LogP contribution in [-0.4, -0.2) is 60.8 Å². The zero-order valence-electron chi connectivity index (χ0n) is 21.6. The Morgan fingerprint density at radius 3 is 2.74 bits per heavy atom. The highest BCUT2D eigenvalue weighted by Gasteiger charge is 2.54. The number of carbonyl (C=O) groups excluding carboxylic acids is 1. The predicted octanol–water partition coefficient (Wildman–Crippen LogP) is 2.75. The van der Waals surface area contributed by atoms with Gasteiger partial charge in [0, 0.05) is 25.7 Å². The van der Waals surface area contributed by atoms with Crippen LogP contribution < -0.4 is 26.3 Å². The smallest absolute Gasteiger partial charge is 0.254 e. The minimum Gasteiger partial charge on any atom is -0.453 e. The second kappa shape index (κ2) is 10.0. The van der Waals surface area contributed by atoms with E-state index in [0.717, 1.165) is 18.5 Å². The Kier molecular flexibility index (Phi) is 6.68. The maximum atomic E-state index is 15.8. The van der Waals surface area contributed by atoms with Gasteiger partial charge in [0.05, 0.1) is 41.4 Å². The third-order valence-electron chi connectivity index (χ3n) is 8.06. The summed E-state index contributed by atoms with van der Waals surface area (Å²) in [6, 6.07) is 8.33. The lowest BCUT2D eigenvalue weighted by molar-refractivity contribution is -0.183. The molecule has 0 radical (unpaired) electrons. The average molecular weight is 556 g/mol. The number of amides is 1. The van der Waals surface area contributed by atoms with Gasteiger partial charge in [-0.25, -0.2) is 9.98 Å². The van der Waals surface area contributed by atoms with Crippen LogP contribution in [0.25, 0.3) is 0 Å². The van der Waals surface area contributed by atoms with Crippen LogP contribution in [-0.2, 0) is 9.53 Å². The molecule has 3 N–H and O–H groups in total. The molecule has 2 atom stereocenters. The normalized spacial score (nSPS) is 27.3. The maximum Gasteiger partial charge on any atom is 0.254 e. The van der Waals surface area contributed by atoms with Crippen LogP contribution in [0.2, 0.25) is 5.02 Å². The molecule has 10 nitrogen and oxygen atoms in total. The van der Waals surface area contributed by atoms with Crippen LogP contribution in [0.3, 0.4) is 0 Å². The Morgan fingerprint density at radius 1 is 1.31 bits per heavy atom. The molecule has 206 valence electrons. The van der Waals surface area contributed by atoms with Crippen LogP contribution in [0.4, 0.5) is 15.8 Å². The van der Waals surface area contributed by atoms with E-state index in [2.05, 4.69) is 27.3 Å². The van der Waals surface area contributed by atoms with Gasteiger partial charge < -0.3 is 14.4 Å². The number of nitrogens with zero attached hydrogens (tertiary/aromatic N) is 5. The second-order valence-corrected chi connectivity index (χ2v) is 11.5. The monoisotopic (exact) mass is 555 g/mol. The molecule has 0 spiro atoms. The number of hydrazine groups is 1. The summed E-state index contributed by atoms with van der Waals surface area (Å²) in [7, 11) is 0. The number of aromatic nitrogens is 1. The zero-order chi connectivity index (χ0) is 27.2. The Bertz CT molecular complexity index is 1360. The third-order valence-corrected chi connectivity index (χ3v) is 8.36. The Hall–Kier alpha value is -3.28. The minimum atomic E-state index is -1.25. The molecule has 12 heteroatoms. The zero-order valence-corrected chi connectivity index (χ0v) is 22.4. The molecule has 4 heterocycles. The summed E-state index contributed by atoms with van der Waals surface area (Å²) < 4.78 is 27.8. The molecule has 2 aromatic rings. The van der Waals surface area contributed by atoms with E-state index < -0.39 is 11.5 Å². The number of carbonyl (C=O) groups is 1. The highest BCUT2D eigenvalue weighted by molar-refractivity contribution is 6.33. The van der Waals surface area contributed by atoms with Crippen molar-refractivity contribution in [3.8, 4) is 5.88 Å². The summed E-state index contributed by atoms with van der Waals surface area (Å²) in [6.07, 6.45) is 5.73. The molecule has 2 saturated heterocycles. The van der Waals surface area contributed by atoms with Crippen LogP contribution in [0.5, 0.6) is 5.88 Å². The van der Waals surface area contributed by atoms with Gasteiger partial charge in [0.15, 0.2) is 5.72 Å². The summed E-state index contributed by atoms with van der Waals surface area (Å²) in [6.45, 7) is 4.00. The van der Waals surface area contributed by atoms with Crippen molar-refractivity contribution in [3.63, 3.8) is 0 Å². The number of fused-ring (bicyclic) bond motifs is 2. The molecule has 3 aliphatic heterocycles. The van der Waals surface area contributed by atoms with Gasteiger partial charge in [0.25, 0.3) is 5.88 Å². The van der Waals surface area contributed by atoms with E-state index in [1.54, 1.807) is 29.5 Å². The largest absolute Gasteiger partial charge is 0.453 e. The van der Waals surface area contributed by atoms with E-state index in [-0.39, 0.29) is 34.4 Å². The number of piperidine rings is 1. The number of nitrogens with two attached hydrogens (primary N) is 1. The maximum absolute atomic E-state index is 15.8. The fraction of sp³-hybridized carbons (Fsp3) is 0.481. The van der Waals surface area contributed by atoms with Gasteiger partial charge in [0.1, 0.15) is 18.4 Å². The van der Waals surface area contributed by atoms with Crippen LogP contribution >= 0.6 is 11.6 Å². The van der Waals surface area contributed by atoms with Gasteiger partial charge in [-0.15, -0.1) is 0 Å². The number of nitrogens with one attached hydrogen (secondary N) is 1. The predicted molar refractivity (Wildman–Crippen MR) is 144 cm³/mol. The van der Waals surface area contributed by atoms with Gasteiger partial charge in [-0.1, -0.05) is 18.5 Å². The molecular weight excluding hydrogens is 525 g/mol. The van der Waals surface area contributed by atoms with Crippen molar-refractivity contribution in [1.29, 1.82) is 0 Å². The highest BCUT2D eigenvalue weighted by Crippen LogP contribution is 2.49. The number of likely N-dealkylation sites (tertiary alicyclic amines) is 1. The van der Waals surface area contributed by atoms with E-state index in [9.17, 15) is 4.79 Å². The number of hydrogen-bond acceptors (Lipinski definition) is 9. The first-order chi connectivity index (χ1) is 18.7. The van der Waals surface area contributed by atoms with E-state index in [4.69, 9.17) is 26.8 Å². The summed E-state index contributed by atoms with van der Waals surface area (Å²) in [5, 5.41) is 2.16. The number of benzene rings is 1. The number of ether oxygens (including phenoxy) is 2. The van der Waals surface area contributed by atoms with Crippen molar-refractivity contribution in [2.75, 3.05) is 38.0 Å². The Balaban J connectivity index is 1.25. The van der Waals surface area contributed by atoms with Gasteiger partial charge in [0.2, 0.25) is 11.7 Å². The fourth-order valence-electron chi connectivity index (χ4n) is 5.30. The summed E-state index contributed by atoms with van der Waals surface area (Å²) in [5.74, 6) is -1.55. The number of anilines is 1. The van der Waals surface area contributed by atoms with E-state index in [1.807, 2.05) is 11.0 Å². The van der Waals surface area contributed by atoms with E-state index in [0.29, 0.717) is 50.1 Å². The van der Waals surface area contributed by atoms with Gasteiger partial charge in [-0.3, -0.25) is 26.0 Å². The second-order valence-electron chi connectivity index (χ2n) is 11.1. The van der Waals surface area contributed by atoms with Gasteiger partial charge in [-0.2, -0.15) is 4.39 Å². The van der Waals surface area contributed by atoms with Gasteiger partial charge in [-0.05, 0) is 48.6 Å². The lowest BCUT2D eigenvalue weighted by Crippen LogP contribution is -2.71. The molecule has 1 aromatic carbocycles. The van der Waals surface area contributed by atoms with Gasteiger partial charge >= 0.3 is 0 Å². The fourth-order valence-corrected chi connectivity index (χ4v) is 5.52. The number of aliphatic imine (C=N–C) groups is 1.